The van der Waals surface area contributed by atoms with Crippen molar-refractivity contribution in [1.29, 1.82) is 0 Å². The molecule has 7 heteroatoms. The highest BCUT2D eigenvalue weighted by Crippen LogP contribution is 2.29. The lowest BCUT2D eigenvalue weighted by atomic mass is 10.00. The molecule has 1 aliphatic rings. The van der Waals surface area contributed by atoms with E-state index in [0.717, 1.165) is 22.5 Å². The Hall–Kier alpha value is -2.70. The number of likely N-dealkylation sites (N-methyl/N-ethyl adjacent to an activating group) is 1. The number of amides is 2. The van der Waals surface area contributed by atoms with Crippen molar-refractivity contribution in [1.82, 2.24) is 4.90 Å². The lowest BCUT2D eigenvalue weighted by Crippen LogP contribution is -2.42. The minimum absolute atomic E-state index is 0.0540. The van der Waals surface area contributed by atoms with Gasteiger partial charge in [-0.2, -0.15) is 0 Å². The summed E-state index contributed by atoms with van der Waals surface area (Å²) in [6, 6.07) is 15.2. The molecule has 1 heterocycles. The van der Waals surface area contributed by atoms with Crippen LogP contribution in [0.1, 0.15) is 18.1 Å². The van der Waals surface area contributed by atoms with Crippen molar-refractivity contribution in [3.8, 4) is 0 Å². The fraction of sp³-hybridized carbons (Fsp3) is 0.286. The molecule has 0 saturated carbocycles. The number of nitrogens with zero attached hydrogens (tertiary/aromatic N) is 3. The van der Waals surface area contributed by atoms with E-state index in [2.05, 4.69) is 4.99 Å². The molecule has 146 valence electrons. The molecule has 1 aliphatic heterocycles. The predicted molar refractivity (Wildman–Crippen MR) is 112 cm³/mol. The van der Waals surface area contributed by atoms with Crippen LogP contribution in [0.25, 0.3) is 0 Å². The van der Waals surface area contributed by atoms with Gasteiger partial charge in [0, 0.05) is 29.2 Å². The molecule has 0 saturated heterocycles. The van der Waals surface area contributed by atoms with Crippen LogP contribution in [-0.2, 0) is 9.59 Å². The van der Waals surface area contributed by atoms with Gasteiger partial charge in [0.05, 0.1) is 17.9 Å². The van der Waals surface area contributed by atoms with E-state index in [-0.39, 0.29) is 24.9 Å². The number of benzodiazepines with no additional fused rings is 1. The summed E-state index contributed by atoms with van der Waals surface area (Å²) < 4.78 is 0. The fourth-order valence-electron chi connectivity index (χ4n) is 3.28. The average molecular weight is 399 g/mol. The molecule has 0 unspecified atom stereocenters. The van der Waals surface area contributed by atoms with Crippen LogP contribution in [0.3, 0.4) is 0 Å². The third-order valence-electron chi connectivity index (χ3n) is 4.69. The molecule has 0 aromatic heterocycles. The molecular formula is C21H23ClN4O2. The summed E-state index contributed by atoms with van der Waals surface area (Å²) in [4.78, 5) is 32.3. The van der Waals surface area contributed by atoms with Gasteiger partial charge < -0.3 is 10.6 Å². The molecule has 0 fully saturated rings. The lowest BCUT2D eigenvalue weighted by molar-refractivity contribution is -0.119. The normalized spacial score (nSPS) is 13.9. The Balaban J connectivity index is 1.95. The van der Waals surface area contributed by atoms with Crippen LogP contribution in [0, 0.1) is 0 Å². The topological polar surface area (TPSA) is 79.0 Å². The van der Waals surface area contributed by atoms with Gasteiger partial charge >= 0.3 is 0 Å². The molecule has 3 rings (SSSR count). The number of anilines is 1. The maximum Gasteiger partial charge on any atom is 0.248 e. The molecule has 28 heavy (non-hydrogen) atoms. The zero-order chi connectivity index (χ0) is 20.1. The van der Waals surface area contributed by atoms with Crippen LogP contribution in [0.15, 0.2) is 53.5 Å². The summed E-state index contributed by atoms with van der Waals surface area (Å²) in [5.41, 5.74) is 8.58. The fourth-order valence-corrected chi connectivity index (χ4v) is 3.46. The molecule has 0 atom stereocenters. The molecule has 0 aliphatic carbocycles. The van der Waals surface area contributed by atoms with Crippen molar-refractivity contribution in [3.63, 3.8) is 0 Å². The summed E-state index contributed by atoms with van der Waals surface area (Å²) in [7, 11) is 0. The van der Waals surface area contributed by atoms with E-state index in [4.69, 9.17) is 17.3 Å². The zero-order valence-electron chi connectivity index (χ0n) is 15.8. The van der Waals surface area contributed by atoms with E-state index < -0.39 is 0 Å². The number of nitrogens with two attached hydrogens (primary N) is 1. The number of rotatable bonds is 7. The Morgan fingerprint density at radius 1 is 1.25 bits per heavy atom. The van der Waals surface area contributed by atoms with Crippen LogP contribution in [0.4, 0.5) is 5.69 Å². The zero-order valence-corrected chi connectivity index (χ0v) is 16.5. The van der Waals surface area contributed by atoms with Gasteiger partial charge in [-0.05, 0) is 24.7 Å². The Bertz CT molecular complexity index is 899. The Kier molecular flexibility index (Phi) is 6.44. The summed E-state index contributed by atoms with van der Waals surface area (Å²) in [6.07, 6.45) is 0. The number of fused-ring (bicyclic) bond motifs is 1. The smallest absolute Gasteiger partial charge is 0.248 e. The number of hydrogen-bond donors (Lipinski definition) is 1. The Morgan fingerprint density at radius 2 is 2.00 bits per heavy atom. The van der Waals surface area contributed by atoms with Crippen LogP contribution in [-0.4, -0.2) is 55.1 Å². The number of hydrogen-bond acceptors (Lipinski definition) is 4. The molecule has 2 N–H and O–H groups in total. The lowest BCUT2D eigenvalue weighted by Gasteiger charge is -2.27. The minimum Gasteiger partial charge on any atom is -0.369 e. The predicted octanol–water partition coefficient (Wildman–Crippen LogP) is 2.33. The highest BCUT2D eigenvalue weighted by molar-refractivity contribution is 6.32. The second-order valence-corrected chi connectivity index (χ2v) is 7.01. The van der Waals surface area contributed by atoms with E-state index in [0.29, 0.717) is 24.7 Å². The van der Waals surface area contributed by atoms with Gasteiger partial charge in [0.2, 0.25) is 11.8 Å². The van der Waals surface area contributed by atoms with Crippen LogP contribution >= 0.6 is 11.6 Å². The van der Waals surface area contributed by atoms with Crippen molar-refractivity contribution >= 4 is 34.8 Å². The average Bonchev–Trinajstić information content (AvgIpc) is 2.81. The van der Waals surface area contributed by atoms with Crippen LogP contribution in [0.5, 0.6) is 0 Å². The van der Waals surface area contributed by atoms with E-state index >= 15 is 0 Å². The first kappa shape index (κ1) is 20.0. The number of carbonyl (C=O) groups is 2. The molecule has 2 aromatic rings. The van der Waals surface area contributed by atoms with Gasteiger partial charge in [0.1, 0.15) is 6.54 Å². The van der Waals surface area contributed by atoms with Crippen molar-refractivity contribution in [2.75, 3.05) is 37.6 Å². The highest BCUT2D eigenvalue weighted by atomic mass is 35.5. The van der Waals surface area contributed by atoms with E-state index in [1.807, 2.05) is 54.3 Å². The minimum atomic E-state index is -0.383. The quantitative estimate of drug-likeness (QED) is 0.777. The number of halogens is 1. The summed E-state index contributed by atoms with van der Waals surface area (Å²) in [5, 5.41) is 0.584. The third-order valence-corrected chi connectivity index (χ3v) is 4.93. The van der Waals surface area contributed by atoms with Gasteiger partial charge in [0.15, 0.2) is 0 Å². The first-order valence-corrected chi connectivity index (χ1v) is 9.58. The second kappa shape index (κ2) is 8.99. The van der Waals surface area contributed by atoms with E-state index in [9.17, 15) is 9.59 Å². The first-order valence-electron chi connectivity index (χ1n) is 9.20. The summed E-state index contributed by atoms with van der Waals surface area (Å²) in [6.45, 7) is 3.82. The second-order valence-electron chi connectivity index (χ2n) is 6.57. The Labute approximate surface area is 169 Å². The van der Waals surface area contributed by atoms with Crippen molar-refractivity contribution < 1.29 is 9.59 Å². The van der Waals surface area contributed by atoms with Gasteiger partial charge in [-0.1, -0.05) is 48.9 Å². The molecule has 0 radical (unpaired) electrons. The van der Waals surface area contributed by atoms with Gasteiger partial charge in [0.25, 0.3) is 0 Å². The van der Waals surface area contributed by atoms with E-state index in [1.165, 1.54) is 0 Å². The van der Waals surface area contributed by atoms with Crippen molar-refractivity contribution in [3.05, 3.63) is 64.7 Å². The molecule has 2 aromatic carbocycles. The summed E-state index contributed by atoms with van der Waals surface area (Å²) >= 11 is 6.26. The number of aliphatic imine (C=N–C) groups is 1. The maximum atomic E-state index is 12.8. The standard InChI is InChI=1S/C21H23ClN4O2/c1-2-25(14-19(23)27)10-11-26-18-9-8-16(22)12-17(18)21(24-13-20(26)28)15-6-4-3-5-7-15/h3-9,12H,2,10-11,13-14H2,1H3,(H2,23,27). The van der Waals surface area contributed by atoms with E-state index in [1.54, 1.807) is 11.0 Å². The first-order chi connectivity index (χ1) is 13.5. The largest absolute Gasteiger partial charge is 0.369 e. The highest BCUT2D eigenvalue weighted by Gasteiger charge is 2.25. The summed E-state index contributed by atoms with van der Waals surface area (Å²) in [5.74, 6) is -0.476. The molecular weight excluding hydrogens is 376 g/mol. The monoisotopic (exact) mass is 398 g/mol. The molecule has 0 bridgehead atoms. The van der Waals surface area contributed by atoms with Gasteiger partial charge in [-0.3, -0.25) is 19.5 Å². The molecule has 6 nitrogen and oxygen atoms in total. The third kappa shape index (κ3) is 4.58. The number of carbonyl (C=O) groups excluding carboxylic acids is 2. The number of primary amides is 1. The Morgan fingerprint density at radius 3 is 2.68 bits per heavy atom. The molecule has 2 amide bonds. The SMILES string of the molecule is CCN(CCN1C(=O)CN=C(c2ccccc2)c2cc(Cl)ccc21)CC(N)=O. The molecule has 0 spiro atoms. The van der Waals surface area contributed by atoms with Crippen molar-refractivity contribution in [2.24, 2.45) is 10.7 Å². The van der Waals surface area contributed by atoms with Crippen LogP contribution in [0.2, 0.25) is 5.02 Å². The number of benzene rings is 2. The van der Waals surface area contributed by atoms with Gasteiger partial charge in [-0.15, -0.1) is 0 Å². The van der Waals surface area contributed by atoms with Crippen molar-refractivity contribution in [2.45, 2.75) is 6.92 Å². The maximum absolute atomic E-state index is 12.8. The van der Waals surface area contributed by atoms with Crippen LogP contribution < -0.4 is 10.6 Å². The van der Waals surface area contributed by atoms with Gasteiger partial charge in [-0.25, -0.2) is 0 Å².